The van der Waals surface area contributed by atoms with Gasteiger partial charge in [-0.3, -0.25) is 4.79 Å². The van der Waals surface area contributed by atoms with Gasteiger partial charge in [0.1, 0.15) is 18.5 Å². The first-order valence-corrected chi connectivity index (χ1v) is 8.63. The highest BCUT2D eigenvalue weighted by Crippen LogP contribution is 2.33. The number of nitrogens with one attached hydrogen (secondary N) is 1. The molecule has 0 aliphatic carbocycles. The summed E-state index contributed by atoms with van der Waals surface area (Å²) < 4.78 is 10.8. The van der Waals surface area contributed by atoms with Gasteiger partial charge in [-0.15, -0.1) is 0 Å². The Bertz CT molecular complexity index is 786. The molecule has 0 spiro atoms. The minimum Gasteiger partial charge on any atom is -0.489 e. The number of nitrogens with zero attached hydrogens (tertiary/aromatic N) is 1. The maximum atomic E-state index is 12.9. The molecule has 0 aromatic heterocycles. The summed E-state index contributed by atoms with van der Waals surface area (Å²) in [4.78, 5) is 14.7. The number of methoxy groups -OCH3 is 1. The van der Waals surface area contributed by atoms with E-state index in [-0.39, 0.29) is 12.1 Å². The molecule has 2 aromatic carbocycles. The molecular formula is C21H24N2O3. The summed E-state index contributed by atoms with van der Waals surface area (Å²) in [6, 6.07) is 15.4. The van der Waals surface area contributed by atoms with E-state index in [9.17, 15) is 4.79 Å². The van der Waals surface area contributed by atoms with E-state index in [1.54, 1.807) is 12.0 Å². The second kappa shape index (κ2) is 8.06. The van der Waals surface area contributed by atoms with Crippen LogP contribution in [-0.4, -0.2) is 37.7 Å². The molecule has 1 N–H and O–H groups in total. The Balaban J connectivity index is 1.86. The molecule has 26 heavy (non-hydrogen) atoms. The van der Waals surface area contributed by atoms with Gasteiger partial charge in [-0.1, -0.05) is 30.8 Å². The summed E-state index contributed by atoms with van der Waals surface area (Å²) in [7, 11) is 1.64. The lowest BCUT2D eigenvalue weighted by Crippen LogP contribution is -2.44. The molecule has 1 aliphatic rings. The smallest absolute Gasteiger partial charge is 0.257 e. The second-order valence-electron chi connectivity index (χ2n) is 6.40. The van der Waals surface area contributed by atoms with Gasteiger partial charge >= 0.3 is 0 Å². The molecule has 0 bridgehead atoms. The minimum absolute atomic E-state index is 0.00371. The summed E-state index contributed by atoms with van der Waals surface area (Å²) >= 11 is 0. The van der Waals surface area contributed by atoms with Gasteiger partial charge in [-0.25, -0.2) is 0 Å². The molecular weight excluding hydrogens is 328 g/mol. The molecule has 5 nitrogen and oxygen atoms in total. The summed E-state index contributed by atoms with van der Waals surface area (Å²) in [6.07, 6.45) is -0.247. The number of ether oxygens (including phenoxy) is 2. The molecule has 1 heterocycles. The van der Waals surface area contributed by atoms with Crippen molar-refractivity contribution in [1.29, 1.82) is 0 Å². The summed E-state index contributed by atoms with van der Waals surface area (Å²) in [5.74, 6) is 0.784. The van der Waals surface area contributed by atoms with Gasteiger partial charge in [0.05, 0.1) is 12.2 Å². The van der Waals surface area contributed by atoms with Crippen LogP contribution in [0.25, 0.3) is 0 Å². The van der Waals surface area contributed by atoms with E-state index < -0.39 is 0 Å². The molecule has 0 saturated carbocycles. The van der Waals surface area contributed by atoms with E-state index >= 15 is 0 Å². The van der Waals surface area contributed by atoms with Crippen LogP contribution in [0.3, 0.4) is 0 Å². The first-order chi connectivity index (χ1) is 12.6. The first-order valence-electron chi connectivity index (χ1n) is 8.63. The van der Waals surface area contributed by atoms with Crippen LogP contribution in [0.4, 0.5) is 5.69 Å². The number of amides is 1. The number of anilines is 1. The maximum absolute atomic E-state index is 12.9. The van der Waals surface area contributed by atoms with Crippen molar-refractivity contribution < 1.29 is 14.3 Å². The van der Waals surface area contributed by atoms with E-state index in [0.29, 0.717) is 25.3 Å². The Morgan fingerprint density at radius 1 is 1.19 bits per heavy atom. The molecule has 1 unspecified atom stereocenters. The molecule has 3 rings (SSSR count). The largest absolute Gasteiger partial charge is 0.489 e. The number of fused-ring (bicyclic) bond motifs is 1. The van der Waals surface area contributed by atoms with Gasteiger partial charge in [-0.05, 0) is 42.3 Å². The average molecular weight is 352 g/mol. The van der Waals surface area contributed by atoms with Gasteiger partial charge in [0, 0.05) is 19.3 Å². The van der Waals surface area contributed by atoms with Crippen molar-refractivity contribution in [2.75, 3.05) is 32.2 Å². The van der Waals surface area contributed by atoms with Gasteiger partial charge < -0.3 is 19.7 Å². The highest BCUT2D eigenvalue weighted by atomic mass is 16.5. The van der Waals surface area contributed by atoms with Crippen LogP contribution < -0.4 is 10.1 Å². The number of rotatable bonds is 7. The van der Waals surface area contributed by atoms with Crippen LogP contribution in [0, 0.1) is 0 Å². The van der Waals surface area contributed by atoms with Crippen LogP contribution in [0.1, 0.15) is 29.0 Å². The third-order valence-corrected chi connectivity index (χ3v) is 4.24. The third-order valence-electron chi connectivity index (χ3n) is 4.24. The predicted molar refractivity (Wildman–Crippen MR) is 102 cm³/mol. The summed E-state index contributed by atoms with van der Waals surface area (Å²) in [5.41, 5.74) is 3.49. The maximum Gasteiger partial charge on any atom is 0.257 e. The van der Waals surface area contributed by atoms with E-state index in [4.69, 9.17) is 9.47 Å². The number of carbonyl (C=O) groups excluding carboxylic acids is 1. The Morgan fingerprint density at radius 2 is 1.92 bits per heavy atom. The zero-order valence-electron chi connectivity index (χ0n) is 15.2. The Morgan fingerprint density at radius 3 is 2.62 bits per heavy atom. The lowest BCUT2D eigenvalue weighted by molar-refractivity contribution is 0.0609. The lowest BCUT2D eigenvalue weighted by atomic mass is 10.0. The Hall–Kier alpha value is -2.79. The second-order valence-corrected chi connectivity index (χ2v) is 6.40. The fraction of sp³-hybridized carbons (Fsp3) is 0.286. The van der Waals surface area contributed by atoms with E-state index in [1.165, 1.54) is 0 Å². The van der Waals surface area contributed by atoms with Gasteiger partial charge in [-0.2, -0.15) is 0 Å². The first kappa shape index (κ1) is 18.0. The van der Waals surface area contributed by atoms with Crippen molar-refractivity contribution in [3.05, 3.63) is 71.8 Å². The number of para-hydroxylation sites is 1. The lowest BCUT2D eigenvalue weighted by Gasteiger charge is -2.38. The predicted octanol–water partition coefficient (Wildman–Crippen LogP) is 3.85. The molecule has 2 aromatic rings. The minimum atomic E-state index is -0.247. The molecule has 1 atom stereocenters. The molecule has 136 valence electrons. The van der Waals surface area contributed by atoms with Crippen LogP contribution in [-0.2, 0) is 4.74 Å². The fourth-order valence-corrected chi connectivity index (χ4v) is 2.93. The molecule has 1 aliphatic heterocycles. The van der Waals surface area contributed by atoms with E-state index in [0.717, 1.165) is 22.6 Å². The topological polar surface area (TPSA) is 50.8 Å². The number of hydrogen-bond donors (Lipinski definition) is 1. The van der Waals surface area contributed by atoms with Crippen molar-refractivity contribution >= 4 is 11.6 Å². The van der Waals surface area contributed by atoms with Gasteiger partial charge in [0.25, 0.3) is 5.91 Å². The highest BCUT2D eigenvalue weighted by Gasteiger charge is 2.32. The molecule has 0 saturated heterocycles. The number of carbonyl (C=O) groups is 1. The highest BCUT2D eigenvalue weighted by molar-refractivity contribution is 6.01. The number of benzene rings is 2. The summed E-state index contributed by atoms with van der Waals surface area (Å²) in [6.45, 7) is 7.25. The Kier molecular flexibility index (Phi) is 5.58. The average Bonchev–Trinajstić information content (AvgIpc) is 2.66. The van der Waals surface area contributed by atoms with Crippen molar-refractivity contribution in [2.45, 2.75) is 13.1 Å². The normalized spacial score (nSPS) is 16.0. The van der Waals surface area contributed by atoms with Gasteiger partial charge in [0.2, 0.25) is 0 Å². The standard InChI is InChI=1S/C21H24N2O3/c1-15(2)14-26-17-10-8-16(9-11-17)20-22-19-7-5-4-6-18(19)21(24)23(20)12-13-25-3/h4-11,20,22H,1,12-14H2,2-3H3. The monoisotopic (exact) mass is 352 g/mol. The summed E-state index contributed by atoms with van der Waals surface area (Å²) in [5, 5.41) is 3.47. The zero-order valence-corrected chi connectivity index (χ0v) is 15.2. The van der Waals surface area contributed by atoms with Crippen LogP contribution >= 0.6 is 0 Å². The quantitative estimate of drug-likeness (QED) is 0.769. The van der Waals surface area contributed by atoms with Crippen LogP contribution in [0.2, 0.25) is 0 Å². The Labute approximate surface area is 154 Å². The SMILES string of the molecule is C=C(C)COc1ccc(C2Nc3ccccc3C(=O)N2CCOC)cc1. The molecule has 0 radical (unpaired) electrons. The van der Waals surface area contributed by atoms with Crippen LogP contribution in [0.5, 0.6) is 5.75 Å². The van der Waals surface area contributed by atoms with Crippen molar-refractivity contribution in [3.63, 3.8) is 0 Å². The third kappa shape index (κ3) is 3.89. The molecule has 1 amide bonds. The fourth-order valence-electron chi connectivity index (χ4n) is 2.93. The van der Waals surface area contributed by atoms with E-state index in [1.807, 2.05) is 55.5 Å². The molecule has 0 fully saturated rings. The van der Waals surface area contributed by atoms with Crippen LogP contribution in [0.15, 0.2) is 60.7 Å². The molecule has 5 heteroatoms. The van der Waals surface area contributed by atoms with Crippen molar-refractivity contribution in [2.24, 2.45) is 0 Å². The van der Waals surface area contributed by atoms with Gasteiger partial charge in [0.15, 0.2) is 0 Å². The van der Waals surface area contributed by atoms with Crippen molar-refractivity contribution in [3.8, 4) is 5.75 Å². The van der Waals surface area contributed by atoms with Crippen molar-refractivity contribution in [1.82, 2.24) is 4.90 Å². The zero-order chi connectivity index (χ0) is 18.5. The van der Waals surface area contributed by atoms with E-state index in [2.05, 4.69) is 11.9 Å². The number of hydrogen-bond acceptors (Lipinski definition) is 4.